The normalized spacial score (nSPS) is 19.1. The Balaban J connectivity index is 2.03. The van der Waals surface area contributed by atoms with Crippen molar-refractivity contribution < 1.29 is 23.9 Å². The third-order valence-corrected chi connectivity index (χ3v) is 5.92. The first-order valence-electron chi connectivity index (χ1n) is 11.9. The molecule has 8 nitrogen and oxygen atoms in total. The van der Waals surface area contributed by atoms with Gasteiger partial charge in [-0.25, -0.2) is 0 Å². The molecular formula is C27H35N3O5. The van der Waals surface area contributed by atoms with E-state index in [-0.39, 0.29) is 49.1 Å². The van der Waals surface area contributed by atoms with E-state index in [1.807, 2.05) is 39.0 Å². The van der Waals surface area contributed by atoms with Crippen LogP contribution in [0, 0.1) is 5.92 Å². The number of methoxy groups -OCH3 is 1. The van der Waals surface area contributed by atoms with E-state index >= 15 is 0 Å². The van der Waals surface area contributed by atoms with E-state index in [4.69, 9.17) is 9.47 Å². The number of benzene rings is 2. The van der Waals surface area contributed by atoms with Crippen molar-refractivity contribution in [2.45, 2.75) is 45.7 Å². The van der Waals surface area contributed by atoms with E-state index in [0.29, 0.717) is 23.6 Å². The topological polar surface area (TPSA) is 97.0 Å². The Labute approximate surface area is 207 Å². The van der Waals surface area contributed by atoms with Crippen LogP contribution in [0.1, 0.15) is 44.0 Å². The van der Waals surface area contributed by atoms with Crippen molar-refractivity contribution in [1.29, 1.82) is 0 Å². The molecule has 0 aromatic heterocycles. The summed E-state index contributed by atoms with van der Waals surface area (Å²) in [6.45, 7) is 6.62. The minimum Gasteiger partial charge on any atom is -0.497 e. The van der Waals surface area contributed by atoms with E-state index in [9.17, 15) is 14.4 Å². The van der Waals surface area contributed by atoms with E-state index in [1.54, 1.807) is 38.4 Å². The molecule has 0 aliphatic carbocycles. The molecular weight excluding hydrogens is 446 g/mol. The summed E-state index contributed by atoms with van der Waals surface area (Å²) < 4.78 is 11.5. The zero-order valence-corrected chi connectivity index (χ0v) is 21.1. The Kier molecular flexibility index (Phi) is 8.73. The molecule has 0 spiro atoms. The molecule has 2 aromatic carbocycles. The number of hydrogen-bond acceptors (Lipinski definition) is 5. The molecule has 3 amide bonds. The van der Waals surface area contributed by atoms with Crippen LogP contribution in [0.2, 0.25) is 0 Å². The number of hydrogen-bond donors (Lipinski definition) is 2. The number of rotatable bonds is 4. The summed E-state index contributed by atoms with van der Waals surface area (Å²) in [5, 5.41) is 5.83. The number of nitrogens with zero attached hydrogens (tertiary/aromatic N) is 1. The minimum atomic E-state index is -0.778. The fraction of sp³-hybridized carbons (Fsp3) is 0.444. The molecule has 0 saturated heterocycles. The maximum Gasteiger partial charge on any atom is 0.254 e. The maximum absolute atomic E-state index is 13.5. The highest BCUT2D eigenvalue weighted by atomic mass is 16.5. The fourth-order valence-corrected chi connectivity index (χ4v) is 3.95. The second-order valence-electron chi connectivity index (χ2n) is 9.33. The van der Waals surface area contributed by atoms with Gasteiger partial charge in [0.05, 0.1) is 13.2 Å². The van der Waals surface area contributed by atoms with Crippen molar-refractivity contribution in [2.75, 3.05) is 27.3 Å². The van der Waals surface area contributed by atoms with Crippen LogP contribution in [0.5, 0.6) is 11.5 Å². The highest BCUT2D eigenvalue weighted by molar-refractivity contribution is 5.98. The van der Waals surface area contributed by atoms with Gasteiger partial charge in [-0.05, 0) is 55.2 Å². The summed E-state index contributed by atoms with van der Waals surface area (Å²) >= 11 is 0. The first kappa shape index (κ1) is 26.1. The molecule has 8 heteroatoms. The van der Waals surface area contributed by atoms with Gasteiger partial charge >= 0.3 is 0 Å². The second-order valence-corrected chi connectivity index (χ2v) is 9.33. The van der Waals surface area contributed by atoms with Crippen molar-refractivity contribution in [3.8, 4) is 22.6 Å². The molecule has 1 aliphatic heterocycles. The summed E-state index contributed by atoms with van der Waals surface area (Å²) in [6.07, 6.45) is 0.318. The van der Waals surface area contributed by atoms with Gasteiger partial charge in [0.25, 0.3) is 5.91 Å². The number of ether oxygens (including phenoxy) is 2. The molecule has 188 valence electrons. The van der Waals surface area contributed by atoms with E-state index in [0.717, 1.165) is 11.1 Å². The molecule has 1 aliphatic rings. The molecule has 2 N–H and O–H groups in total. The average molecular weight is 482 g/mol. The Bertz CT molecular complexity index is 1070. The first-order valence-corrected chi connectivity index (χ1v) is 11.9. The van der Waals surface area contributed by atoms with Crippen LogP contribution in [0.25, 0.3) is 11.1 Å². The molecule has 2 bridgehead atoms. The standard InChI is InChI=1S/C27H35N3O5/c1-17(2)15-28-26(32)23-10-12-25(31)29-18(3)16-35-24-11-9-21(34-5)14-22(24)19-7-6-8-20(13-19)27(33)30(23)4/h6-9,11,13-14,17-18,23H,10,12,15-16H2,1-5H3,(H,28,32)(H,29,31)/t18-,23+/m1/s1. The quantitative estimate of drug-likeness (QED) is 0.699. The Hall–Kier alpha value is -3.55. The van der Waals surface area contributed by atoms with Crippen molar-refractivity contribution in [3.05, 3.63) is 48.0 Å². The molecule has 0 fully saturated rings. The predicted molar refractivity (Wildman–Crippen MR) is 134 cm³/mol. The van der Waals surface area contributed by atoms with Gasteiger partial charge in [0.1, 0.15) is 24.1 Å². The van der Waals surface area contributed by atoms with Crippen molar-refractivity contribution >= 4 is 17.7 Å². The summed E-state index contributed by atoms with van der Waals surface area (Å²) in [5.74, 6) is 0.766. The Morgan fingerprint density at radius 2 is 1.94 bits per heavy atom. The Morgan fingerprint density at radius 1 is 1.20 bits per heavy atom. The summed E-state index contributed by atoms with van der Waals surface area (Å²) in [7, 11) is 3.19. The fourth-order valence-electron chi connectivity index (χ4n) is 3.95. The Morgan fingerprint density at radius 3 is 2.66 bits per heavy atom. The summed E-state index contributed by atoms with van der Waals surface area (Å²) in [4.78, 5) is 40.5. The summed E-state index contributed by atoms with van der Waals surface area (Å²) in [5.41, 5.74) is 1.99. The number of carbonyl (C=O) groups excluding carboxylic acids is 3. The molecule has 0 saturated carbocycles. The monoisotopic (exact) mass is 481 g/mol. The van der Waals surface area contributed by atoms with E-state index in [2.05, 4.69) is 10.6 Å². The third kappa shape index (κ3) is 6.74. The maximum atomic E-state index is 13.5. The van der Waals surface area contributed by atoms with Gasteiger partial charge in [0.15, 0.2) is 0 Å². The summed E-state index contributed by atoms with van der Waals surface area (Å²) in [6, 6.07) is 11.7. The van der Waals surface area contributed by atoms with E-state index < -0.39 is 6.04 Å². The molecule has 1 heterocycles. The van der Waals surface area contributed by atoms with Gasteiger partial charge in [-0.15, -0.1) is 0 Å². The number of nitrogens with one attached hydrogen (secondary N) is 2. The van der Waals surface area contributed by atoms with Crippen molar-refractivity contribution in [2.24, 2.45) is 5.92 Å². The molecule has 3 rings (SSSR count). The van der Waals surface area contributed by atoms with Crippen LogP contribution in [-0.2, 0) is 9.59 Å². The first-order chi connectivity index (χ1) is 16.7. The van der Waals surface area contributed by atoms with Gasteiger partial charge in [0.2, 0.25) is 11.8 Å². The van der Waals surface area contributed by atoms with E-state index in [1.165, 1.54) is 4.90 Å². The lowest BCUT2D eigenvalue weighted by Crippen LogP contribution is -2.49. The zero-order valence-electron chi connectivity index (χ0n) is 21.1. The molecule has 2 aromatic rings. The van der Waals surface area contributed by atoms with Gasteiger partial charge in [0, 0.05) is 31.1 Å². The number of amides is 3. The number of likely N-dealkylation sites (N-methyl/N-ethyl adjacent to an activating group) is 1. The average Bonchev–Trinajstić information content (AvgIpc) is 2.85. The van der Waals surface area contributed by atoms with Gasteiger partial charge in [-0.2, -0.15) is 0 Å². The van der Waals surface area contributed by atoms with Crippen LogP contribution in [-0.4, -0.2) is 62.0 Å². The van der Waals surface area contributed by atoms with Gasteiger partial charge in [-0.3, -0.25) is 14.4 Å². The van der Waals surface area contributed by atoms with Gasteiger partial charge < -0.3 is 25.0 Å². The molecule has 0 unspecified atom stereocenters. The largest absolute Gasteiger partial charge is 0.497 e. The number of carbonyl (C=O) groups is 3. The SMILES string of the molecule is COc1ccc2c(c1)-c1cccc(c1)C(=O)N(C)[C@H](C(=O)NCC(C)C)CCC(=O)N[C@H](C)CO2. The van der Waals surface area contributed by atoms with Crippen LogP contribution in [0.3, 0.4) is 0 Å². The van der Waals surface area contributed by atoms with Crippen molar-refractivity contribution in [1.82, 2.24) is 15.5 Å². The lowest BCUT2D eigenvalue weighted by atomic mass is 10.0. The zero-order chi connectivity index (χ0) is 25.5. The lowest BCUT2D eigenvalue weighted by molar-refractivity contribution is -0.126. The lowest BCUT2D eigenvalue weighted by Gasteiger charge is -2.28. The highest BCUT2D eigenvalue weighted by Crippen LogP contribution is 2.34. The highest BCUT2D eigenvalue weighted by Gasteiger charge is 2.29. The van der Waals surface area contributed by atoms with Crippen LogP contribution in [0.4, 0.5) is 0 Å². The minimum absolute atomic E-state index is 0.107. The molecule has 0 radical (unpaired) electrons. The van der Waals surface area contributed by atoms with Gasteiger partial charge in [-0.1, -0.05) is 26.0 Å². The molecule has 35 heavy (non-hydrogen) atoms. The van der Waals surface area contributed by atoms with Crippen LogP contribution in [0.15, 0.2) is 42.5 Å². The molecule has 2 atom stereocenters. The predicted octanol–water partition coefficient (Wildman–Crippen LogP) is 3.25. The number of fused-ring (bicyclic) bond motifs is 4. The smallest absolute Gasteiger partial charge is 0.254 e. The van der Waals surface area contributed by atoms with Crippen molar-refractivity contribution in [3.63, 3.8) is 0 Å². The van der Waals surface area contributed by atoms with Crippen LogP contribution < -0.4 is 20.1 Å². The second kappa shape index (κ2) is 11.7. The van der Waals surface area contributed by atoms with Crippen LogP contribution >= 0.6 is 0 Å². The third-order valence-electron chi connectivity index (χ3n) is 5.92.